The lowest BCUT2D eigenvalue weighted by Gasteiger charge is -2.35. The number of nitrogens with zero attached hydrogens (tertiary/aromatic N) is 2. The fraction of sp³-hybridized carbons (Fsp3) is 0.316. The Morgan fingerprint density at radius 1 is 0.980 bits per heavy atom. The molecule has 5 N–H and O–H groups in total. The monoisotopic (exact) mass is 713 g/mol. The van der Waals surface area contributed by atoms with E-state index in [1.165, 1.54) is 16.8 Å². The molecule has 268 valence electrons. The summed E-state index contributed by atoms with van der Waals surface area (Å²) >= 11 is 0. The Morgan fingerprint density at radius 3 is 2.31 bits per heavy atom. The molecule has 0 saturated heterocycles. The predicted molar refractivity (Wildman–Crippen MR) is 196 cm³/mol. The highest BCUT2D eigenvalue weighted by Crippen LogP contribution is 2.42. The lowest BCUT2D eigenvalue weighted by atomic mass is 9.88. The van der Waals surface area contributed by atoms with E-state index in [1.54, 1.807) is 32.0 Å². The highest BCUT2D eigenvalue weighted by molar-refractivity contribution is 7.90. The SMILES string of the molecule is Cc1c(C)c(S(=O)(=O)NC(N)=NCCC[C@H](NC(=O)c2cccn(-c3ccc(-c4ccccc4)cc3)c2=O)C(=O)O)c(C)c2c1OC(C)(C)CC2. The van der Waals surface area contributed by atoms with Crippen molar-refractivity contribution < 1.29 is 27.9 Å². The highest BCUT2D eigenvalue weighted by Gasteiger charge is 2.33. The average molecular weight is 714 g/mol. The molecule has 1 aliphatic heterocycles. The summed E-state index contributed by atoms with van der Waals surface area (Å²) in [5.74, 6) is -1.76. The number of pyridine rings is 1. The third-order valence-corrected chi connectivity index (χ3v) is 10.8. The zero-order valence-electron chi connectivity index (χ0n) is 29.3. The second kappa shape index (κ2) is 14.8. The van der Waals surface area contributed by atoms with Gasteiger partial charge in [0.15, 0.2) is 0 Å². The van der Waals surface area contributed by atoms with Gasteiger partial charge in [-0.25, -0.2) is 17.9 Å². The van der Waals surface area contributed by atoms with Crippen LogP contribution in [0.2, 0.25) is 0 Å². The number of amides is 1. The smallest absolute Gasteiger partial charge is 0.326 e. The molecule has 12 nitrogen and oxygen atoms in total. The predicted octanol–water partition coefficient (Wildman–Crippen LogP) is 4.79. The fourth-order valence-electron chi connectivity index (χ4n) is 6.28. The van der Waals surface area contributed by atoms with Gasteiger partial charge in [-0.2, -0.15) is 0 Å². The number of guanidine groups is 1. The molecule has 1 amide bonds. The van der Waals surface area contributed by atoms with Crippen LogP contribution in [0.15, 0.2) is 87.6 Å². The minimum Gasteiger partial charge on any atom is -0.487 e. The second-order valence-electron chi connectivity index (χ2n) is 13.3. The number of ether oxygens (including phenoxy) is 1. The molecule has 0 spiro atoms. The Labute approximate surface area is 297 Å². The molecule has 1 aromatic heterocycles. The number of sulfonamides is 1. The number of benzene rings is 3. The topological polar surface area (TPSA) is 182 Å². The number of hydrogen-bond acceptors (Lipinski definition) is 7. The van der Waals surface area contributed by atoms with E-state index < -0.39 is 33.5 Å². The van der Waals surface area contributed by atoms with Crippen molar-refractivity contribution in [2.75, 3.05) is 6.54 Å². The van der Waals surface area contributed by atoms with E-state index in [9.17, 15) is 27.9 Å². The first-order valence-corrected chi connectivity index (χ1v) is 18.1. The molecule has 0 radical (unpaired) electrons. The number of nitrogens with one attached hydrogen (secondary N) is 2. The van der Waals surface area contributed by atoms with Crippen molar-refractivity contribution in [2.45, 2.75) is 76.8 Å². The van der Waals surface area contributed by atoms with Crippen LogP contribution >= 0.6 is 0 Å². The Kier molecular flexibility index (Phi) is 10.7. The van der Waals surface area contributed by atoms with E-state index in [0.29, 0.717) is 29.0 Å². The molecule has 1 atom stereocenters. The molecule has 1 aliphatic rings. The van der Waals surface area contributed by atoms with E-state index in [4.69, 9.17) is 10.5 Å². The number of carboxylic acids is 1. The summed E-state index contributed by atoms with van der Waals surface area (Å²) in [5.41, 5.74) is 10.1. The largest absolute Gasteiger partial charge is 0.487 e. The average Bonchev–Trinajstić information content (AvgIpc) is 3.08. The number of aliphatic imine (C=N–C) groups is 1. The van der Waals surface area contributed by atoms with Crippen LogP contribution in [0.1, 0.15) is 65.7 Å². The van der Waals surface area contributed by atoms with Crippen molar-refractivity contribution in [3.63, 3.8) is 0 Å². The van der Waals surface area contributed by atoms with Crippen molar-refractivity contribution in [2.24, 2.45) is 10.7 Å². The van der Waals surface area contributed by atoms with Gasteiger partial charge in [0, 0.05) is 18.4 Å². The van der Waals surface area contributed by atoms with Crippen molar-refractivity contribution in [1.82, 2.24) is 14.6 Å². The van der Waals surface area contributed by atoms with Crippen LogP contribution in [0.4, 0.5) is 0 Å². The zero-order valence-corrected chi connectivity index (χ0v) is 30.1. The molecule has 0 bridgehead atoms. The first-order valence-electron chi connectivity index (χ1n) is 16.6. The first kappa shape index (κ1) is 36.8. The summed E-state index contributed by atoms with van der Waals surface area (Å²) in [6.45, 7) is 9.30. The molecule has 0 aliphatic carbocycles. The van der Waals surface area contributed by atoms with E-state index in [2.05, 4.69) is 15.0 Å². The van der Waals surface area contributed by atoms with Crippen LogP contribution in [0.25, 0.3) is 16.8 Å². The van der Waals surface area contributed by atoms with Gasteiger partial charge in [0.2, 0.25) is 5.96 Å². The molecule has 4 aromatic rings. The zero-order chi connectivity index (χ0) is 37.1. The van der Waals surface area contributed by atoms with Gasteiger partial charge >= 0.3 is 5.97 Å². The normalized spacial score (nSPS) is 14.6. The third-order valence-electron chi connectivity index (χ3n) is 9.16. The second-order valence-corrected chi connectivity index (χ2v) is 14.9. The van der Waals surface area contributed by atoms with Crippen molar-refractivity contribution in [1.29, 1.82) is 0 Å². The fourth-order valence-corrected chi connectivity index (χ4v) is 7.80. The highest BCUT2D eigenvalue weighted by atomic mass is 32.2. The van der Waals surface area contributed by atoms with Crippen LogP contribution in [-0.2, 0) is 21.2 Å². The number of nitrogens with two attached hydrogens (primary N) is 1. The van der Waals surface area contributed by atoms with Gasteiger partial charge in [-0.3, -0.25) is 19.1 Å². The summed E-state index contributed by atoms with van der Waals surface area (Å²) in [7, 11) is -4.11. The van der Waals surface area contributed by atoms with Gasteiger partial charge in [0.05, 0.1) is 4.90 Å². The third kappa shape index (κ3) is 8.15. The molecule has 3 aromatic carbocycles. The standard InChI is InChI=1S/C38H43N5O7S/c1-23-24(2)33(25(3)29-19-20-38(4,5)50-32(23)29)51(48,49)42-37(39)40-21-9-14-31(36(46)47)41-34(44)30-13-10-22-43(35(30)45)28-17-15-27(16-18-28)26-11-7-6-8-12-26/h6-8,10-13,15-18,22,31H,9,14,19-21H2,1-5H3,(H,41,44)(H,46,47)(H3,39,40,42)/t31-/m0/s1. The van der Waals surface area contributed by atoms with E-state index in [0.717, 1.165) is 28.7 Å². The molecule has 0 fully saturated rings. The summed E-state index contributed by atoms with van der Waals surface area (Å²) in [5, 5.41) is 12.2. The minimum atomic E-state index is -4.11. The van der Waals surface area contributed by atoms with Crippen LogP contribution in [-0.4, -0.2) is 54.1 Å². The maximum absolute atomic E-state index is 13.5. The van der Waals surface area contributed by atoms with Crippen molar-refractivity contribution >= 4 is 27.9 Å². The summed E-state index contributed by atoms with van der Waals surface area (Å²) in [6, 6.07) is 18.6. The van der Waals surface area contributed by atoms with Crippen LogP contribution in [0.5, 0.6) is 5.75 Å². The van der Waals surface area contributed by atoms with E-state index in [1.807, 2.05) is 63.2 Å². The minimum absolute atomic E-state index is 0.0186. The number of carbonyl (C=O) groups excluding carboxylic acids is 1. The van der Waals surface area contributed by atoms with Gasteiger partial charge < -0.3 is 20.9 Å². The van der Waals surface area contributed by atoms with Crippen molar-refractivity contribution in [3.05, 3.63) is 111 Å². The summed E-state index contributed by atoms with van der Waals surface area (Å²) in [6.07, 6.45) is 3.05. The Balaban J connectivity index is 1.22. The molecule has 0 unspecified atom stereocenters. The van der Waals surface area contributed by atoms with Gasteiger partial charge in [-0.1, -0.05) is 42.5 Å². The first-order chi connectivity index (χ1) is 24.1. The Morgan fingerprint density at radius 2 is 1.65 bits per heavy atom. The van der Waals surface area contributed by atoms with Crippen LogP contribution < -0.4 is 26.1 Å². The number of aliphatic carboxylic acids is 1. The molecule has 0 saturated carbocycles. The molecular formula is C38H43N5O7S. The number of rotatable bonds is 11. The Hall–Kier alpha value is -5.43. The Bertz CT molecular complexity index is 2160. The maximum Gasteiger partial charge on any atom is 0.326 e. The van der Waals surface area contributed by atoms with Gasteiger partial charge in [-0.15, -0.1) is 0 Å². The maximum atomic E-state index is 13.5. The van der Waals surface area contributed by atoms with Crippen LogP contribution in [0, 0.1) is 20.8 Å². The molecule has 13 heteroatoms. The number of carbonyl (C=O) groups is 2. The number of carboxylic acid groups (broad SMARTS) is 1. The molecular weight excluding hydrogens is 671 g/mol. The summed E-state index contributed by atoms with van der Waals surface area (Å²) < 4.78 is 36.8. The van der Waals surface area contributed by atoms with E-state index in [-0.39, 0.29) is 41.4 Å². The summed E-state index contributed by atoms with van der Waals surface area (Å²) in [4.78, 5) is 42.7. The van der Waals surface area contributed by atoms with Crippen molar-refractivity contribution in [3.8, 4) is 22.6 Å². The quantitative estimate of drug-likeness (QED) is 0.0972. The molecule has 2 heterocycles. The molecule has 5 rings (SSSR count). The van der Waals surface area contributed by atoms with E-state index >= 15 is 0 Å². The van der Waals surface area contributed by atoms with Gasteiger partial charge in [0.25, 0.3) is 21.5 Å². The number of aromatic nitrogens is 1. The molecule has 51 heavy (non-hydrogen) atoms. The van der Waals surface area contributed by atoms with Crippen LogP contribution in [0.3, 0.4) is 0 Å². The van der Waals surface area contributed by atoms with Gasteiger partial charge in [-0.05, 0) is 118 Å². The lowest BCUT2D eigenvalue weighted by Crippen LogP contribution is -2.43. The number of fused-ring (bicyclic) bond motifs is 1. The number of hydrogen-bond donors (Lipinski definition) is 4. The van der Waals surface area contributed by atoms with Gasteiger partial charge in [0.1, 0.15) is 23.0 Å². The lowest BCUT2D eigenvalue weighted by molar-refractivity contribution is -0.139.